The summed E-state index contributed by atoms with van der Waals surface area (Å²) in [5.41, 5.74) is 2.79. The molecule has 1 aliphatic rings. The maximum absolute atomic E-state index is 5.98. The lowest BCUT2D eigenvalue weighted by molar-refractivity contribution is 0.237. The molecule has 2 aromatic rings. The van der Waals surface area contributed by atoms with E-state index in [9.17, 15) is 0 Å². The normalized spacial score (nSPS) is 16.7. The Balaban J connectivity index is 1.63. The third-order valence-corrected chi connectivity index (χ3v) is 6.09. The van der Waals surface area contributed by atoms with Crippen LogP contribution in [0.25, 0.3) is 0 Å². The van der Waals surface area contributed by atoms with Crippen LogP contribution in [-0.2, 0) is 0 Å². The number of ether oxygens (including phenoxy) is 2. The molecule has 2 aromatic carbocycles. The van der Waals surface area contributed by atoms with Crippen LogP contribution < -0.4 is 9.47 Å². The predicted molar refractivity (Wildman–Crippen MR) is 117 cm³/mol. The number of rotatable bonds is 10. The molecule has 3 rings (SSSR count). The minimum absolute atomic E-state index is 0.511. The summed E-state index contributed by atoms with van der Waals surface area (Å²) in [5, 5.41) is 0. The maximum Gasteiger partial charge on any atom is 0.119 e. The van der Waals surface area contributed by atoms with Gasteiger partial charge in [-0.1, -0.05) is 38.1 Å². The fraction of sp³-hybridized carbons (Fsp3) is 0.520. The van der Waals surface area contributed by atoms with Crippen LogP contribution in [0.2, 0.25) is 0 Å². The fourth-order valence-corrected chi connectivity index (χ4v) is 4.47. The average Bonchev–Trinajstić information content (AvgIpc) is 3.26. The summed E-state index contributed by atoms with van der Waals surface area (Å²) >= 11 is 0. The Hall–Kier alpha value is -2.00. The van der Waals surface area contributed by atoms with E-state index in [1.807, 2.05) is 0 Å². The number of benzene rings is 2. The van der Waals surface area contributed by atoms with Crippen molar-refractivity contribution in [1.29, 1.82) is 0 Å². The number of hydrogen-bond acceptors (Lipinski definition) is 3. The van der Waals surface area contributed by atoms with Crippen LogP contribution in [0.15, 0.2) is 48.5 Å². The molecule has 0 bridgehead atoms. The van der Waals surface area contributed by atoms with Gasteiger partial charge in [-0.2, -0.15) is 0 Å². The van der Waals surface area contributed by atoms with E-state index in [2.05, 4.69) is 67.3 Å². The summed E-state index contributed by atoms with van der Waals surface area (Å²) in [4.78, 5) is 2.49. The van der Waals surface area contributed by atoms with Gasteiger partial charge >= 0.3 is 0 Å². The Morgan fingerprint density at radius 3 is 1.75 bits per heavy atom. The Morgan fingerprint density at radius 2 is 1.29 bits per heavy atom. The van der Waals surface area contributed by atoms with E-state index in [-0.39, 0.29) is 0 Å². The molecule has 3 nitrogen and oxygen atoms in total. The average molecular weight is 382 g/mol. The minimum Gasteiger partial charge on any atom is -0.497 e. The van der Waals surface area contributed by atoms with Crippen molar-refractivity contribution in [3.05, 3.63) is 59.7 Å². The van der Waals surface area contributed by atoms with Crippen molar-refractivity contribution in [2.75, 3.05) is 33.4 Å². The predicted octanol–water partition coefficient (Wildman–Crippen LogP) is 5.86. The van der Waals surface area contributed by atoms with Gasteiger partial charge in [-0.25, -0.2) is 0 Å². The highest BCUT2D eigenvalue weighted by Gasteiger charge is 2.22. The van der Waals surface area contributed by atoms with Gasteiger partial charge in [0.05, 0.1) is 7.11 Å². The van der Waals surface area contributed by atoms with Crippen molar-refractivity contribution in [2.24, 2.45) is 0 Å². The lowest BCUT2D eigenvalue weighted by Gasteiger charge is -2.26. The third kappa shape index (κ3) is 5.29. The van der Waals surface area contributed by atoms with E-state index < -0.39 is 0 Å². The van der Waals surface area contributed by atoms with Crippen LogP contribution in [-0.4, -0.2) is 38.3 Å². The van der Waals surface area contributed by atoms with Gasteiger partial charge < -0.3 is 9.47 Å². The molecular weight excluding hydrogens is 346 g/mol. The first kappa shape index (κ1) is 20.7. The molecular formula is C25H35NO2. The Kier molecular flexibility index (Phi) is 7.79. The summed E-state index contributed by atoms with van der Waals surface area (Å²) in [6, 6.07) is 17.4. The minimum atomic E-state index is 0.511. The first-order valence-electron chi connectivity index (χ1n) is 10.8. The van der Waals surface area contributed by atoms with Gasteiger partial charge in [0, 0.05) is 6.54 Å². The molecule has 1 heterocycles. The molecule has 1 saturated heterocycles. The van der Waals surface area contributed by atoms with Crippen LogP contribution >= 0.6 is 0 Å². The highest BCUT2D eigenvalue weighted by molar-refractivity contribution is 5.35. The molecule has 0 N–H and O–H groups in total. The molecule has 0 saturated carbocycles. The van der Waals surface area contributed by atoms with Crippen molar-refractivity contribution in [3.63, 3.8) is 0 Å². The molecule has 1 fully saturated rings. The molecule has 152 valence electrons. The van der Waals surface area contributed by atoms with Gasteiger partial charge in [-0.05, 0) is 86.0 Å². The molecule has 0 radical (unpaired) electrons. The van der Waals surface area contributed by atoms with E-state index >= 15 is 0 Å². The molecule has 2 atom stereocenters. The lowest BCUT2D eigenvalue weighted by Crippen LogP contribution is -2.25. The molecule has 0 aliphatic carbocycles. The van der Waals surface area contributed by atoms with E-state index in [1.165, 1.54) is 37.1 Å². The topological polar surface area (TPSA) is 21.7 Å². The van der Waals surface area contributed by atoms with Crippen molar-refractivity contribution in [3.8, 4) is 11.5 Å². The zero-order chi connectivity index (χ0) is 19.8. The quantitative estimate of drug-likeness (QED) is 0.515. The number of hydrogen-bond donors (Lipinski definition) is 0. The smallest absolute Gasteiger partial charge is 0.119 e. The van der Waals surface area contributed by atoms with Gasteiger partial charge in [-0.3, -0.25) is 4.90 Å². The molecule has 0 unspecified atom stereocenters. The number of likely N-dealkylation sites (tertiary alicyclic amines) is 1. The van der Waals surface area contributed by atoms with Crippen LogP contribution in [0.4, 0.5) is 0 Å². The van der Waals surface area contributed by atoms with Crippen LogP contribution in [0, 0.1) is 0 Å². The Bertz CT molecular complexity index is 689. The van der Waals surface area contributed by atoms with Crippen molar-refractivity contribution < 1.29 is 9.47 Å². The Labute approximate surface area is 170 Å². The summed E-state index contributed by atoms with van der Waals surface area (Å²) in [5.74, 6) is 2.92. The second-order valence-corrected chi connectivity index (χ2v) is 7.77. The van der Waals surface area contributed by atoms with E-state index in [0.717, 1.165) is 37.5 Å². The molecule has 3 heteroatoms. The van der Waals surface area contributed by atoms with Crippen molar-refractivity contribution in [2.45, 2.75) is 51.4 Å². The van der Waals surface area contributed by atoms with Crippen LogP contribution in [0.5, 0.6) is 11.5 Å². The zero-order valence-electron chi connectivity index (χ0n) is 17.7. The highest BCUT2D eigenvalue weighted by atomic mass is 16.5. The monoisotopic (exact) mass is 381 g/mol. The van der Waals surface area contributed by atoms with Crippen molar-refractivity contribution >= 4 is 0 Å². The van der Waals surface area contributed by atoms with Gasteiger partial charge in [0.25, 0.3) is 0 Å². The SMILES string of the molecule is CC[C@H](c1ccc(OC)cc1)[C@@H](CC)c1ccc(OCCN2CCCC2)cc1. The molecule has 0 spiro atoms. The van der Waals surface area contributed by atoms with Gasteiger partial charge in [0.2, 0.25) is 0 Å². The number of methoxy groups -OCH3 is 1. The second kappa shape index (κ2) is 10.5. The molecule has 0 aromatic heterocycles. The highest BCUT2D eigenvalue weighted by Crippen LogP contribution is 2.38. The molecule has 28 heavy (non-hydrogen) atoms. The van der Waals surface area contributed by atoms with Gasteiger partial charge in [0.15, 0.2) is 0 Å². The summed E-state index contributed by atoms with van der Waals surface area (Å²) in [6.45, 7) is 8.84. The Morgan fingerprint density at radius 1 is 0.786 bits per heavy atom. The first-order chi connectivity index (χ1) is 13.7. The van der Waals surface area contributed by atoms with Crippen LogP contribution in [0.3, 0.4) is 0 Å². The molecule has 1 aliphatic heterocycles. The fourth-order valence-electron chi connectivity index (χ4n) is 4.47. The van der Waals surface area contributed by atoms with Gasteiger partial charge in [-0.15, -0.1) is 0 Å². The maximum atomic E-state index is 5.98. The van der Waals surface area contributed by atoms with Gasteiger partial charge in [0.1, 0.15) is 18.1 Å². The molecule has 0 amide bonds. The third-order valence-electron chi connectivity index (χ3n) is 6.09. The standard InChI is InChI=1S/C25H35NO2/c1-4-24(20-8-12-22(27-3)13-9-20)25(5-2)21-10-14-23(15-11-21)28-19-18-26-16-6-7-17-26/h8-15,24-25H,4-7,16-19H2,1-3H3/t24-,25+/m1/s1. The largest absolute Gasteiger partial charge is 0.497 e. The van der Waals surface area contributed by atoms with E-state index in [4.69, 9.17) is 9.47 Å². The first-order valence-corrected chi connectivity index (χ1v) is 10.8. The second-order valence-electron chi connectivity index (χ2n) is 7.77. The van der Waals surface area contributed by atoms with E-state index in [1.54, 1.807) is 7.11 Å². The number of nitrogens with zero attached hydrogens (tertiary/aromatic N) is 1. The zero-order valence-corrected chi connectivity index (χ0v) is 17.7. The van der Waals surface area contributed by atoms with Crippen molar-refractivity contribution in [1.82, 2.24) is 4.90 Å². The van der Waals surface area contributed by atoms with E-state index in [0.29, 0.717) is 11.8 Å². The van der Waals surface area contributed by atoms with Crippen LogP contribution in [0.1, 0.15) is 62.5 Å². The summed E-state index contributed by atoms with van der Waals surface area (Å²) in [6.07, 6.45) is 4.92. The summed E-state index contributed by atoms with van der Waals surface area (Å²) < 4.78 is 11.3. The summed E-state index contributed by atoms with van der Waals surface area (Å²) in [7, 11) is 1.72. The lowest BCUT2D eigenvalue weighted by atomic mass is 9.78.